The summed E-state index contributed by atoms with van der Waals surface area (Å²) in [6.45, 7) is 5.58. The third-order valence-corrected chi connectivity index (χ3v) is 2.17. The summed E-state index contributed by atoms with van der Waals surface area (Å²) in [4.78, 5) is 11.2. The average molecular weight is 177 g/mol. The number of rotatable bonds is 2. The molecule has 0 aromatic carbocycles. The molecule has 0 amide bonds. The molecule has 1 heterocycles. The van der Waals surface area contributed by atoms with Crippen molar-refractivity contribution in [1.29, 1.82) is 0 Å². The Hall–Kier alpha value is -1.31. The molecule has 0 saturated carbocycles. The molecular weight excluding hydrogens is 162 g/mol. The summed E-state index contributed by atoms with van der Waals surface area (Å²) in [6.07, 6.45) is 3.99. The van der Waals surface area contributed by atoms with Crippen molar-refractivity contribution in [3.63, 3.8) is 0 Å². The Kier molecular flexibility index (Phi) is 2.71. The lowest BCUT2D eigenvalue weighted by Gasteiger charge is -2.01. The van der Waals surface area contributed by atoms with Gasteiger partial charge in [-0.1, -0.05) is 6.08 Å². The summed E-state index contributed by atoms with van der Waals surface area (Å²) in [7, 11) is 1.92. The molecule has 0 fully saturated rings. The van der Waals surface area contributed by atoms with Gasteiger partial charge < -0.3 is 4.57 Å². The second-order valence-electron chi connectivity index (χ2n) is 3.21. The highest BCUT2D eigenvalue weighted by Gasteiger charge is 2.09. The number of carbonyl (C=O) groups is 1. The van der Waals surface area contributed by atoms with Crippen LogP contribution in [0.25, 0.3) is 6.08 Å². The minimum Gasteiger partial charge on any atom is -0.342 e. The van der Waals surface area contributed by atoms with Gasteiger partial charge >= 0.3 is 0 Å². The minimum atomic E-state index is 0.112. The zero-order chi connectivity index (χ0) is 10.0. The Bertz CT molecular complexity index is 358. The van der Waals surface area contributed by atoms with Gasteiger partial charge in [0.15, 0.2) is 5.78 Å². The van der Waals surface area contributed by atoms with Crippen molar-refractivity contribution >= 4 is 11.9 Å². The first kappa shape index (κ1) is 9.78. The van der Waals surface area contributed by atoms with Crippen LogP contribution in [-0.4, -0.2) is 10.4 Å². The molecule has 0 radical (unpaired) electrons. The number of Topliss-reactive ketones (excluding diaryl/α,β-unsaturated/α-hetero) is 1. The second kappa shape index (κ2) is 3.60. The standard InChI is InChI=1S/C11H15NO/c1-5-6-10-8(2)7-11(9(3)13)12(10)4/h5-7H,1-4H3/b6-5-. The van der Waals surface area contributed by atoms with Crippen molar-refractivity contribution in [2.45, 2.75) is 20.8 Å². The monoisotopic (exact) mass is 177 g/mol. The maximum absolute atomic E-state index is 11.2. The fourth-order valence-corrected chi connectivity index (χ4v) is 1.51. The maximum Gasteiger partial charge on any atom is 0.176 e. The van der Waals surface area contributed by atoms with Crippen molar-refractivity contribution in [3.8, 4) is 0 Å². The Morgan fingerprint density at radius 1 is 1.54 bits per heavy atom. The normalized spacial score (nSPS) is 11.1. The lowest BCUT2D eigenvalue weighted by atomic mass is 10.2. The van der Waals surface area contributed by atoms with E-state index in [1.807, 2.05) is 43.7 Å². The number of aromatic nitrogens is 1. The number of nitrogens with zero attached hydrogens (tertiary/aromatic N) is 1. The summed E-state index contributed by atoms with van der Waals surface area (Å²) in [5, 5.41) is 0. The van der Waals surface area contributed by atoms with Crippen LogP contribution in [0, 0.1) is 6.92 Å². The number of allylic oxidation sites excluding steroid dienone is 1. The molecule has 1 rings (SSSR count). The number of carbonyl (C=O) groups excluding carboxylic acids is 1. The highest BCUT2D eigenvalue weighted by Crippen LogP contribution is 2.15. The molecule has 2 nitrogen and oxygen atoms in total. The van der Waals surface area contributed by atoms with E-state index in [2.05, 4.69) is 0 Å². The third kappa shape index (κ3) is 1.72. The number of hydrogen-bond donors (Lipinski definition) is 0. The van der Waals surface area contributed by atoms with Crippen molar-refractivity contribution in [2.24, 2.45) is 7.05 Å². The third-order valence-electron chi connectivity index (χ3n) is 2.17. The van der Waals surface area contributed by atoms with E-state index in [0.29, 0.717) is 0 Å². The van der Waals surface area contributed by atoms with Crippen molar-refractivity contribution in [2.75, 3.05) is 0 Å². The van der Waals surface area contributed by atoms with Crippen molar-refractivity contribution < 1.29 is 4.79 Å². The van der Waals surface area contributed by atoms with Crippen LogP contribution in [-0.2, 0) is 7.05 Å². The summed E-state index contributed by atoms with van der Waals surface area (Å²) >= 11 is 0. The molecule has 0 bridgehead atoms. The molecule has 0 N–H and O–H groups in total. The van der Waals surface area contributed by atoms with Crippen LogP contribution in [0.2, 0.25) is 0 Å². The van der Waals surface area contributed by atoms with Crippen LogP contribution in [0.4, 0.5) is 0 Å². The SMILES string of the molecule is C/C=C\c1c(C)cc(C(C)=O)n1C. The van der Waals surface area contributed by atoms with Crippen LogP contribution >= 0.6 is 0 Å². The highest BCUT2D eigenvalue weighted by molar-refractivity contribution is 5.93. The molecule has 70 valence electrons. The van der Waals surface area contributed by atoms with Gasteiger partial charge in [-0.2, -0.15) is 0 Å². The Balaban J connectivity index is 3.30. The first-order valence-corrected chi connectivity index (χ1v) is 4.38. The molecule has 0 aliphatic heterocycles. The van der Waals surface area contributed by atoms with Crippen molar-refractivity contribution in [3.05, 3.63) is 29.1 Å². The lowest BCUT2D eigenvalue weighted by Crippen LogP contribution is -2.02. The van der Waals surface area contributed by atoms with Gasteiger partial charge in [0.2, 0.25) is 0 Å². The second-order valence-corrected chi connectivity index (χ2v) is 3.21. The summed E-state index contributed by atoms with van der Waals surface area (Å²) in [6, 6.07) is 1.93. The van der Waals surface area contributed by atoms with Crippen LogP contribution in [0.5, 0.6) is 0 Å². The largest absolute Gasteiger partial charge is 0.342 e. The van der Waals surface area contributed by atoms with E-state index in [-0.39, 0.29) is 5.78 Å². The van der Waals surface area contributed by atoms with E-state index in [4.69, 9.17) is 0 Å². The van der Waals surface area contributed by atoms with E-state index >= 15 is 0 Å². The molecule has 1 aromatic rings. The number of aryl methyl sites for hydroxylation is 1. The number of ketones is 1. The zero-order valence-electron chi connectivity index (χ0n) is 8.59. The van der Waals surface area contributed by atoms with Crippen molar-refractivity contribution in [1.82, 2.24) is 4.57 Å². The van der Waals surface area contributed by atoms with Gasteiger partial charge in [-0.15, -0.1) is 0 Å². The first-order chi connectivity index (χ1) is 6.07. The summed E-state index contributed by atoms with van der Waals surface area (Å²) in [5.41, 5.74) is 3.02. The van der Waals surface area contributed by atoms with E-state index in [0.717, 1.165) is 17.0 Å². The van der Waals surface area contributed by atoms with Gasteiger partial charge in [-0.25, -0.2) is 0 Å². The van der Waals surface area contributed by atoms with Crippen LogP contribution < -0.4 is 0 Å². The molecule has 2 heteroatoms. The van der Waals surface area contributed by atoms with Gasteiger partial charge in [0.1, 0.15) is 0 Å². The molecule has 1 aromatic heterocycles. The molecule has 0 spiro atoms. The smallest absolute Gasteiger partial charge is 0.176 e. The van der Waals surface area contributed by atoms with Gasteiger partial charge in [0.25, 0.3) is 0 Å². The molecule has 13 heavy (non-hydrogen) atoms. The van der Waals surface area contributed by atoms with E-state index in [1.54, 1.807) is 6.92 Å². The van der Waals surface area contributed by atoms with E-state index in [9.17, 15) is 4.79 Å². The summed E-state index contributed by atoms with van der Waals surface area (Å²) < 4.78 is 1.93. The molecule has 0 aliphatic carbocycles. The topological polar surface area (TPSA) is 22.0 Å². The van der Waals surface area contributed by atoms with E-state index < -0.39 is 0 Å². The first-order valence-electron chi connectivity index (χ1n) is 4.38. The Labute approximate surface area is 78.9 Å². The lowest BCUT2D eigenvalue weighted by molar-refractivity contribution is 0.101. The molecule has 0 saturated heterocycles. The van der Waals surface area contributed by atoms with Crippen LogP contribution in [0.1, 0.15) is 35.6 Å². The predicted molar refractivity (Wildman–Crippen MR) is 54.9 cm³/mol. The van der Waals surface area contributed by atoms with Gasteiger partial charge in [-0.05, 0) is 31.6 Å². The summed E-state index contributed by atoms with van der Waals surface area (Å²) in [5.74, 6) is 0.112. The minimum absolute atomic E-state index is 0.112. The Morgan fingerprint density at radius 3 is 2.54 bits per heavy atom. The van der Waals surface area contributed by atoms with Gasteiger partial charge in [-0.3, -0.25) is 4.79 Å². The molecule has 0 unspecified atom stereocenters. The number of hydrogen-bond acceptors (Lipinski definition) is 1. The van der Waals surface area contributed by atoms with Crippen LogP contribution in [0.3, 0.4) is 0 Å². The van der Waals surface area contributed by atoms with Crippen LogP contribution in [0.15, 0.2) is 12.1 Å². The Morgan fingerprint density at radius 2 is 2.15 bits per heavy atom. The fourth-order valence-electron chi connectivity index (χ4n) is 1.51. The average Bonchev–Trinajstić information content (AvgIpc) is 2.32. The zero-order valence-corrected chi connectivity index (χ0v) is 8.59. The molecular formula is C11H15NO. The predicted octanol–water partition coefficient (Wildman–Crippen LogP) is 2.57. The molecule has 0 atom stereocenters. The maximum atomic E-state index is 11.2. The highest BCUT2D eigenvalue weighted by atomic mass is 16.1. The van der Waals surface area contributed by atoms with Gasteiger partial charge in [0.05, 0.1) is 5.69 Å². The molecule has 0 aliphatic rings. The van der Waals surface area contributed by atoms with Gasteiger partial charge in [0, 0.05) is 19.7 Å². The fraction of sp³-hybridized carbons (Fsp3) is 0.364. The quantitative estimate of drug-likeness (QED) is 0.636. The van der Waals surface area contributed by atoms with E-state index in [1.165, 1.54) is 0 Å².